The maximum atomic E-state index is 13.0. The average molecular weight is 344 g/mol. The second-order valence-electron chi connectivity index (χ2n) is 6.21. The van der Waals surface area contributed by atoms with E-state index in [4.69, 9.17) is 5.11 Å². The highest BCUT2D eigenvalue weighted by molar-refractivity contribution is 5.90. The molecule has 2 N–H and O–H groups in total. The van der Waals surface area contributed by atoms with Gasteiger partial charge in [0.1, 0.15) is 0 Å². The molecule has 0 spiro atoms. The molecule has 1 aromatic carbocycles. The van der Waals surface area contributed by atoms with Crippen molar-refractivity contribution in [2.45, 2.75) is 25.9 Å². The lowest BCUT2D eigenvalue weighted by molar-refractivity contribution is -0.187. The van der Waals surface area contributed by atoms with E-state index in [9.17, 15) is 22.8 Å². The van der Waals surface area contributed by atoms with E-state index in [2.05, 4.69) is 5.32 Å². The van der Waals surface area contributed by atoms with Crippen LogP contribution in [0.25, 0.3) is 0 Å². The Morgan fingerprint density at radius 3 is 2.46 bits per heavy atom. The van der Waals surface area contributed by atoms with Gasteiger partial charge in [0.05, 0.1) is 11.8 Å². The minimum atomic E-state index is -4.66. The molecule has 0 bridgehead atoms. The second-order valence-corrected chi connectivity index (χ2v) is 6.21. The molecule has 1 aliphatic heterocycles. The number of likely N-dealkylation sites (tertiary alicyclic amines) is 1. The molecule has 2 rings (SSSR count). The lowest BCUT2D eigenvalue weighted by atomic mass is 9.96. The summed E-state index contributed by atoms with van der Waals surface area (Å²) in [4.78, 5) is 24.1. The van der Waals surface area contributed by atoms with Crippen molar-refractivity contribution in [2.24, 2.45) is 11.8 Å². The fourth-order valence-electron chi connectivity index (χ4n) is 2.73. The second kappa shape index (κ2) is 6.70. The predicted molar refractivity (Wildman–Crippen MR) is 81.8 cm³/mol. The topological polar surface area (TPSA) is 69.6 Å². The minimum absolute atomic E-state index is 0.236. The van der Waals surface area contributed by atoms with Crippen molar-refractivity contribution >= 4 is 17.7 Å². The number of carboxylic acids is 1. The molecular weight excluding hydrogens is 325 g/mol. The van der Waals surface area contributed by atoms with Gasteiger partial charge in [-0.05, 0) is 23.6 Å². The van der Waals surface area contributed by atoms with E-state index in [1.807, 2.05) is 19.9 Å². The van der Waals surface area contributed by atoms with Gasteiger partial charge in [-0.3, -0.25) is 4.79 Å². The van der Waals surface area contributed by atoms with Crippen molar-refractivity contribution < 1.29 is 27.9 Å². The van der Waals surface area contributed by atoms with E-state index in [1.165, 1.54) is 0 Å². The maximum absolute atomic E-state index is 13.0. The van der Waals surface area contributed by atoms with Crippen LogP contribution in [0.3, 0.4) is 0 Å². The maximum Gasteiger partial charge on any atom is 0.394 e. The molecule has 24 heavy (non-hydrogen) atoms. The van der Waals surface area contributed by atoms with E-state index in [1.54, 1.807) is 18.2 Å². The van der Waals surface area contributed by atoms with Crippen LogP contribution in [0.1, 0.15) is 25.3 Å². The van der Waals surface area contributed by atoms with Crippen LogP contribution >= 0.6 is 0 Å². The summed E-state index contributed by atoms with van der Waals surface area (Å²) < 4.78 is 38.9. The first-order valence-corrected chi connectivity index (χ1v) is 7.55. The molecule has 0 unspecified atom stereocenters. The summed E-state index contributed by atoms with van der Waals surface area (Å²) in [5.41, 5.74) is 1.44. The number of amides is 2. The SMILES string of the molecule is CC(C)c1cccc(NC(=O)N2C[C@@H](C(F)(F)F)[C@H](C(=O)O)C2)c1. The van der Waals surface area contributed by atoms with Gasteiger partial charge in [0.15, 0.2) is 0 Å². The van der Waals surface area contributed by atoms with Crippen LogP contribution in [0.4, 0.5) is 23.7 Å². The molecule has 0 saturated carbocycles. The molecule has 1 heterocycles. The Kier molecular flexibility index (Phi) is 5.05. The fraction of sp³-hybridized carbons (Fsp3) is 0.500. The molecule has 1 saturated heterocycles. The number of carbonyl (C=O) groups is 2. The van der Waals surface area contributed by atoms with Gasteiger partial charge >= 0.3 is 18.2 Å². The summed E-state index contributed by atoms with van der Waals surface area (Å²) in [6.07, 6.45) is -4.66. The average Bonchev–Trinajstić information content (AvgIpc) is 2.93. The van der Waals surface area contributed by atoms with Crippen molar-refractivity contribution in [1.82, 2.24) is 4.90 Å². The third-order valence-corrected chi connectivity index (χ3v) is 4.15. The third-order valence-electron chi connectivity index (χ3n) is 4.15. The number of rotatable bonds is 3. The largest absolute Gasteiger partial charge is 0.481 e. The highest BCUT2D eigenvalue weighted by Gasteiger charge is 2.53. The number of urea groups is 1. The van der Waals surface area contributed by atoms with Crippen molar-refractivity contribution in [3.63, 3.8) is 0 Å². The van der Waals surface area contributed by atoms with Gasteiger partial charge in [-0.25, -0.2) is 4.79 Å². The van der Waals surface area contributed by atoms with Gasteiger partial charge in [0.2, 0.25) is 0 Å². The number of nitrogens with zero attached hydrogens (tertiary/aromatic N) is 1. The zero-order valence-electron chi connectivity index (χ0n) is 13.3. The molecular formula is C16H19F3N2O3. The Morgan fingerprint density at radius 2 is 1.96 bits per heavy atom. The van der Waals surface area contributed by atoms with Crippen molar-refractivity contribution in [3.8, 4) is 0 Å². The van der Waals surface area contributed by atoms with E-state index in [0.29, 0.717) is 5.69 Å². The number of carboxylic acid groups (broad SMARTS) is 1. The van der Waals surface area contributed by atoms with E-state index < -0.39 is 43.1 Å². The van der Waals surface area contributed by atoms with Gasteiger partial charge in [-0.15, -0.1) is 0 Å². The molecule has 0 aromatic heterocycles. The Labute approximate surface area is 137 Å². The normalized spacial score (nSPS) is 21.2. The quantitative estimate of drug-likeness (QED) is 0.881. The number of hydrogen-bond donors (Lipinski definition) is 2. The van der Waals surface area contributed by atoms with Crippen molar-refractivity contribution in [3.05, 3.63) is 29.8 Å². The first-order valence-electron chi connectivity index (χ1n) is 7.55. The summed E-state index contributed by atoms with van der Waals surface area (Å²) in [6, 6.07) is 6.28. The Bertz CT molecular complexity index is 631. The summed E-state index contributed by atoms with van der Waals surface area (Å²) in [6.45, 7) is 2.84. The molecule has 1 fully saturated rings. The van der Waals surface area contributed by atoms with Gasteiger partial charge in [0.25, 0.3) is 0 Å². The van der Waals surface area contributed by atoms with E-state index >= 15 is 0 Å². The Morgan fingerprint density at radius 1 is 1.29 bits per heavy atom. The summed E-state index contributed by atoms with van der Waals surface area (Å²) >= 11 is 0. The minimum Gasteiger partial charge on any atom is -0.481 e. The van der Waals surface area contributed by atoms with E-state index in [0.717, 1.165) is 10.5 Å². The highest BCUT2D eigenvalue weighted by atomic mass is 19.4. The Hall–Kier alpha value is -2.25. The molecule has 8 heteroatoms. The van der Waals surface area contributed by atoms with Crippen LogP contribution in [0.5, 0.6) is 0 Å². The molecule has 2 atom stereocenters. The molecule has 0 radical (unpaired) electrons. The molecule has 5 nitrogen and oxygen atoms in total. The van der Waals surface area contributed by atoms with E-state index in [-0.39, 0.29) is 5.92 Å². The molecule has 0 aliphatic carbocycles. The number of hydrogen-bond acceptors (Lipinski definition) is 2. The number of nitrogens with one attached hydrogen (secondary N) is 1. The number of benzene rings is 1. The van der Waals surface area contributed by atoms with Crippen molar-refractivity contribution in [2.75, 3.05) is 18.4 Å². The highest BCUT2D eigenvalue weighted by Crippen LogP contribution is 2.37. The lowest BCUT2D eigenvalue weighted by Gasteiger charge is -2.19. The third kappa shape index (κ3) is 3.98. The smallest absolute Gasteiger partial charge is 0.394 e. The first kappa shape index (κ1) is 18.1. The van der Waals surface area contributed by atoms with Crippen LogP contribution in [0.15, 0.2) is 24.3 Å². The van der Waals surface area contributed by atoms with Crippen molar-refractivity contribution in [1.29, 1.82) is 0 Å². The molecule has 1 aromatic rings. The van der Waals surface area contributed by atoms with Gasteiger partial charge < -0.3 is 15.3 Å². The summed E-state index contributed by atoms with van der Waals surface area (Å²) in [5.74, 6) is -5.01. The van der Waals surface area contributed by atoms with Gasteiger partial charge in [-0.2, -0.15) is 13.2 Å². The fourth-order valence-corrected chi connectivity index (χ4v) is 2.73. The zero-order valence-corrected chi connectivity index (χ0v) is 13.3. The molecule has 1 aliphatic rings. The summed E-state index contributed by atoms with van der Waals surface area (Å²) in [5, 5.41) is 11.5. The predicted octanol–water partition coefficient (Wildman–Crippen LogP) is 3.54. The lowest BCUT2D eigenvalue weighted by Crippen LogP contribution is -2.35. The monoisotopic (exact) mass is 344 g/mol. The molecule has 2 amide bonds. The zero-order chi connectivity index (χ0) is 18.1. The number of aliphatic carboxylic acids is 1. The van der Waals surface area contributed by atoms with Gasteiger partial charge in [-0.1, -0.05) is 26.0 Å². The number of halogens is 3. The van der Waals surface area contributed by atoms with Crippen LogP contribution in [0.2, 0.25) is 0 Å². The first-order chi connectivity index (χ1) is 11.1. The molecule has 132 valence electrons. The number of carbonyl (C=O) groups excluding carboxylic acids is 1. The van der Waals surface area contributed by atoms with Crippen LogP contribution in [-0.4, -0.2) is 41.3 Å². The van der Waals surface area contributed by atoms with Crippen LogP contribution in [-0.2, 0) is 4.79 Å². The number of anilines is 1. The summed E-state index contributed by atoms with van der Waals surface area (Å²) in [7, 11) is 0. The standard InChI is InChI=1S/C16H19F3N2O3/c1-9(2)10-4-3-5-11(6-10)20-15(24)21-7-12(14(22)23)13(8-21)16(17,18)19/h3-6,9,12-13H,7-8H2,1-2H3,(H,20,24)(H,22,23)/t12-,13-/m1/s1. The Balaban J connectivity index is 2.11. The van der Waals surface area contributed by atoms with Crippen LogP contribution in [0, 0.1) is 11.8 Å². The number of alkyl halides is 3. The van der Waals surface area contributed by atoms with Crippen LogP contribution < -0.4 is 5.32 Å². The van der Waals surface area contributed by atoms with Gasteiger partial charge in [0, 0.05) is 18.8 Å².